The minimum Gasteiger partial charge on any atom is -0.439 e. The van der Waals surface area contributed by atoms with Gasteiger partial charge in [0.2, 0.25) is 5.88 Å². The van der Waals surface area contributed by atoms with Crippen molar-refractivity contribution in [2.45, 2.75) is 52.3 Å². The summed E-state index contributed by atoms with van der Waals surface area (Å²) in [7, 11) is 0. The molecule has 2 aromatic carbocycles. The third-order valence-corrected chi connectivity index (χ3v) is 5.91. The topological polar surface area (TPSA) is 68.6 Å². The van der Waals surface area contributed by atoms with Crippen LogP contribution in [0.2, 0.25) is 5.02 Å². The Bertz CT molecular complexity index is 1090. The minimum absolute atomic E-state index is 0.0254. The van der Waals surface area contributed by atoms with Crippen molar-refractivity contribution in [2.24, 2.45) is 0 Å². The second kappa shape index (κ2) is 10.9. The van der Waals surface area contributed by atoms with Crippen molar-refractivity contribution in [3.05, 3.63) is 70.9 Å². The van der Waals surface area contributed by atoms with Gasteiger partial charge in [0.25, 0.3) is 0 Å². The van der Waals surface area contributed by atoms with Crippen LogP contribution in [0.5, 0.6) is 11.6 Å². The van der Waals surface area contributed by atoms with E-state index >= 15 is 0 Å². The molecule has 1 aromatic heterocycles. The second-order valence-corrected chi connectivity index (χ2v) is 9.23. The normalized spacial score (nSPS) is 15.5. The number of carbonyl (C=O) groups excluding carboxylic acids is 1. The smallest absolute Gasteiger partial charge is 0.317 e. The summed E-state index contributed by atoms with van der Waals surface area (Å²) < 4.78 is 14.0. The van der Waals surface area contributed by atoms with Gasteiger partial charge in [-0.05, 0) is 70.0 Å². The van der Waals surface area contributed by atoms with E-state index in [-0.39, 0.29) is 18.2 Å². The first-order valence-corrected chi connectivity index (χ1v) is 12.0. The number of nitrogens with one attached hydrogen (secondary N) is 1. The molecular weight excluding hydrogens is 452 g/mol. The Balaban J connectivity index is 1.71. The van der Waals surface area contributed by atoms with E-state index in [1.54, 1.807) is 21.7 Å². The van der Waals surface area contributed by atoms with Gasteiger partial charge in [0, 0.05) is 24.2 Å². The summed E-state index contributed by atoms with van der Waals surface area (Å²) in [5.74, 6) is 1.21. The first kappa shape index (κ1) is 24.1. The minimum atomic E-state index is -0.130. The number of rotatable bonds is 8. The summed E-state index contributed by atoms with van der Waals surface area (Å²) in [6.07, 6.45) is 1.99. The zero-order chi connectivity index (χ0) is 24.1. The lowest BCUT2D eigenvalue weighted by Crippen LogP contribution is -2.45. The van der Waals surface area contributed by atoms with Crippen LogP contribution < -0.4 is 10.1 Å². The van der Waals surface area contributed by atoms with Crippen molar-refractivity contribution < 1.29 is 14.3 Å². The van der Waals surface area contributed by atoms with Gasteiger partial charge in [-0.25, -0.2) is 9.48 Å². The highest BCUT2D eigenvalue weighted by molar-refractivity contribution is 6.30. The molecule has 0 aliphatic carbocycles. The molecule has 0 bridgehead atoms. The predicted octanol–water partition coefficient (Wildman–Crippen LogP) is 5.73. The van der Waals surface area contributed by atoms with E-state index < -0.39 is 0 Å². The number of benzene rings is 2. The number of aromatic nitrogens is 2. The van der Waals surface area contributed by atoms with E-state index in [9.17, 15) is 4.79 Å². The molecule has 0 unspecified atom stereocenters. The molecule has 180 valence electrons. The van der Waals surface area contributed by atoms with Crippen LogP contribution >= 0.6 is 11.6 Å². The molecule has 8 heteroatoms. The first-order chi connectivity index (χ1) is 16.4. The number of hydrogen-bond acceptors (Lipinski definition) is 4. The molecule has 0 radical (unpaired) electrons. The van der Waals surface area contributed by atoms with Gasteiger partial charge in [0.1, 0.15) is 5.75 Å². The lowest BCUT2D eigenvalue weighted by Gasteiger charge is -2.27. The molecule has 1 N–H and O–H groups in total. The molecule has 1 saturated heterocycles. The van der Waals surface area contributed by atoms with Gasteiger partial charge in [-0.1, -0.05) is 29.8 Å². The largest absolute Gasteiger partial charge is 0.439 e. The molecule has 2 amide bonds. The Kier molecular flexibility index (Phi) is 7.75. The highest BCUT2D eigenvalue weighted by atomic mass is 35.5. The summed E-state index contributed by atoms with van der Waals surface area (Å²) in [6, 6.07) is 16.9. The highest BCUT2D eigenvalue weighted by Gasteiger charge is 2.27. The number of carbonyl (C=O) groups is 1. The van der Waals surface area contributed by atoms with E-state index in [2.05, 4.69) is 5.32 Å². The van der Waals surface area contributed by atoms with Crippen molar-refractivity contribution in [2.75, 3.05) is 13.2 Å². The lowest BCUT2D eigenvalue weighted by molar-refractivity contribution is 0.0789. The molecule has 1 atom stereocenters. The van der Waals surface area contributed by atoms with Gasteiger partial charge in [-0.2, -0.15) is 5.10 Å². The Hall–Kier alpha value is -3.03. The molecule has 1 aliphatic heterocycles. The van der Waals surface area contributed by atoms with Crippen LogP contribution in [0.15, 0.2) is 54.6 Å². The maximum atomic E-state index is 13.1. The van der Waals surface area contributed by atoms with Crippen molar-refractivity contribution >= 4 is 17.6 Å². The number of urea groups is 1. The molecule has 34 heavy (non-hydrogen) atoms. The molecule has 4 rings (SSSR count). The Morgan fingerprint density at radius 3 is 2.62 bits per heavy atom. The summed E-state index contributed by atoms with van der Waals surface area (Å²) in [4.78, 5) is 14.9. The van der Waals surface area contributed by atoms with Crippen LogP contribution in [0.4, 0.5) is 4.79 Å². The third-order valence-electron chi connectivity index (χ3n) is 5.66. The molecule has 0 saturated carbocycles. The van der Waals surface area contributed by atoms with E-state index in [1.807, 2.05) is 63.2 Å². The van der Waals surface area contributed by atoms with Gasteiger partial charge < -0.3 is 19.7 Å². The maximum absolute atomic E-state index is 13.1. The van der Waals surface area contributed by atoms with Gasteiger partial charge in [0.15, 0.2) is 0 Å². The van der Waals surface area contributed by atoms with E-state index in [1.165, 1.54) is 0 Å². The fourth-order valence-corrected chi connectivity index (χ4v) is 4.09. The van der Waals surface area contributed by atoms with E-state index in [0.717, 1.165) is 36.4 Å². The average Bonchev–Trinajstić information content (AvgIpc) is 3.43. The van der Waals surface area contributed by atoms with Crippen LogP contribution in [-0.4, -0.2) is 46.0 Å². The molecule has 1 fully saturated rings. The van der Waals surface area contributed by atoms with Crippen molar-refractivity contribution in [1.82, 2.24) is 20.0 Å². The number of ether oxygens (including phenoxy) is 2. The lowest BCUT2D eigenvalue weighted by atomic mass is 10.2. The predicted molar refractivity (Wildman–Crippen MR) is 133 cm³/mol. The van der Waals surface area contributed by atoms with Crippen LogP contribution in [0.25, 0.3) is 5.69 Å². The standard InChI is InChI=1S/C26H31ClN4O3/c1-18(2)28-26(32)30(16-23-10-7-15-33-23)17-24-19(3)29-31(21-8-5-4-6-9-21)25(24)34-22-13-11-20(27)12-14-22/h4-6,8-9,11-14,18,23H,7,10,15-17H2,1-3H3,(H,28,32)/t23-/m1/s1. The molecule has 2 heterocycles. The Morgan fingerprint density at radius 2 is 1.97 bits per heavy atom. The SMILES string of the molecule is Cc1nn(-c2ccccc2)c(Oc2ccc(Cl)cc2)c1CN(C[C@H]1CCCO1)C(=O)NC(C)C. The fourth-order valence-electron chi connectivity index (χ4n) is 3.97. The van der Waals surface area contributed by atoms with Gasteiger partial charge in [-0.3, -0.25) is 0 Å². The molecule has 7 nitrogen and oxygen atoms in total. The molecule has 1 aliphatic rings. The number of halogens is 1. The van der Waals surface area contributed by atoms with Gasteiger partial charge >= 0.3 is 6.03 Å². The van der Waals surface area contributed by atoms with Crippen molar-refractivity contribution in [3.63, 3.8) is 0 Å². The van der Waals surface area contributed by atoms with Crippen LogP contribution in [0.3, 0.4) is 0 Å². The number of hydrogen-bond donors (Lipinski definition) is 1. The Morgan fingerprint density at radius 1 is 1.24 bits per heavy atom. The average molecular weight is 483 g/mol. The summed E-state index contributed by atoms with van der Waals surface area (Å²) >= 11 is 6.07. The fraction of sp³-hybridized carbons (Fsp3) is 0.385. The molecule has 3 aromatic rings. The number of amides is 2. The first-order valence-electron chi connectivity index (χ1n) is 11.6. The maximum Gasteiger partial charge on any atom is 0.317 e. The van der Waals surface area contributed by atoms with E-state index in [4.69, 9.17) is 26.2 Å². The number of aryl methyl sites for hydroxylation is 1. The zero-order valence-electron chi connectivity index (χ0n) is 19.8. The zero-order valence-corrected chi connectivity index (χ0v) is 20.6. The monoisotopic (exact) mass is 482 g/mol. The van der Waals surface area contributed by atoms with Gasteiger partial charge in [0.05, 0.1) is 29.6 Å². The highest BCUT2D eigenvalue weighted by Crippen LogP contribution is 2.32. The van der Waals surface area contributed by atoms with Crippen molar-refractivity contribution in [3.8, 4) is 17.3 Å². The second-order valence-electron chi connectivity index (χ2n) is 8.79. The van der Waals surface area contributed by atoms with Crippen LogP contribution in [0, 0.1) is 6.92 Å². The van der Waals surface area contributed by atoms with Crippen LogP contribution in [-0.2, 0) is 11.3 Å². The van der Waals surface area contributed by atoms with Gasteiger partial charge in [-0.15, -0.1) is 0 Å². The summed E-state index contributed by atoms with van der Waals surface area (Å²) in [6.45, 7) is 7.44. The molecular formula is C26H31ClN4O3. The quantitative estimate of drug-likeness (QED) is 0.445. The summed E-state index contributed by atoms with van der Waals surface area (Å²) in [5.41, 5.74) is 2.51. The number of para-hydroxylation sites is 1. The van der Waals surface area contributed by atoms with E-state index in [0.29, 0.717) is 29.7 Å². The summed E-state index contributed by atoms with van der Waals surface area (Å²) in [5, 5.41) is 8.43. The van der Waals surface area contributed by atoms with Crippen molar-refractivity contribution in [1.29, 1.82) is 0 Å². The Labute approximate surface area is 205 Å². The van der Waals surface area contributed by atoms with Crippen LogP contribution in [0.1, 0.15) is 37.9 Å². The molecule has 0 spiro atoms. The number of nitrogens with zero attached hydrogens (tertiary/aromatic N) is 3. The third kappa shape index (κ3) is 5.90.